The third kappa shape index (κ3) is 2.78. The van der Waals surface area contributed by atoms with Gasteiger partial charge in [-0.3, -0.25) is 0 Å². The van der Waals surface area contributed by atoms with Gasteiger partial charge in [0.1, 0.15) is 0 Å². The van der Waals surface area contributed by atoms with Crippen LogP contribution in [0, 0.1) is 0 Å². The van der Waals surface area contributed by atoms with E-state index in [-0.39, 0.29) is 12.4 Å². The molecule has 96 valence electrons. The summed E-state index contributed by atoms with van der Waals surface area (Å²) in [5.74, 6) is 0. The smallest absolute Gasteiger partial charge is 0.0406 e. The fourth-order valence-electron chi connectivity index (χ4n) is 2.81. The van der Waals surface area contributed by atoms with Crippen molar-refractivity contribution in [3.05, 3.63) is 34.9 Å². The topological polar surface area (TPSA) is 12.0 Å². The SMILES string of the molecule is CCNC(C)C1(c2ccc(Cl)cc2)CCC1.Cl. The van der Waals surface area contributed by atoms with Gasteiger partial charge < -0.3 is 5.32 Å². The van der Waals surface area contributed by atoms with Gasteiger partial charge in [-0.25, -0.2) is 0 Å². The highest BCUT2D eigenvalue weighted by atomic mass is 35.5. The summed E-state index contributed by atoms with van der Waals surface area (Å²) >= 11 is 5.95. The Hall–Kier alpha value is -0.240. The maximum atomic E-state index is 5.95. The van der Waals surface area contributed by atoms with Gasteiger partial charge in [-0.15, -0.1) is 12.4 Å². The summed E-state index contributed by atoms with van der Waals surface area (Å²) in [5, 5.41) is 4.40. The van der Waals surface area contributed by atoms with E-state index in [0.29, 0.717) is 11.5 Å². The Kier molecular flexibility index (Phi) is 5.30. The Labute approximate surface area is 115 Å². The van der Waals surface area contributed by atoms with E-state index in [2.05, 4.69) is 31.3 Å². The molecule has 1 saturated carbocycles. The summed E-state index contributed by atoms with van der Waals surface area (Å²) in [7, 11) is 0. The van der Waals surface area contributed by atoms with Gasteiger partial charge in [0.05, 0.1) is 0 Å². The predicted octanol–water partition coefficient (Wildman–Crippen LogP) is 4.18. The van der Waals surface area contributed by atoms with E-state index in [0.717, 1.165) is 11.6 Å². The van der Waals surface area contributed by atoms with Crippen LogP contribution in [0.25, 0.3) is 0 Å². The molecule has 0 aromatic heterocycles. The molecule has 1 aromatic rings. The lowest BCUT2D eigenvalue weighted by atomic mass is 9.60. The van der Waals surface area contributed by atoms with Crippen LogP contribution in [0.2, 0.25) is 5.02 Å². The normalized spacial score (nSPS) is 19.0. The molecule has 1 atom stereocenters. The van der Waals surface area contributed by atoms with Crippen LogP contribution in [0.5, 0.6) is 0 Å². The van der Waals surface area contributed by atoms with Crippen molar-refractivity contribution in [1.82, 2.24) is 5.32 Å². The van der Waals surface area contributed by atoms with Crippen LogP contribution in [-0.4, -0.2) is 12.6 Å². The standard InChI is InChI=1S/C14H20ClN.ClH/c1-3-16-11(2)14(9-4-10-14)12-5-7-13(15)8-6-12;/h5-8,11,16H,3-4,9-10H2,1-2H3;1H. The highest BCUT2D eigenvalue weighted by Gasteiger charge is 2.42. The average molecular weight is 274 g/mol. The Morgan fingerprint density at radius 2 is 1.88 bits per heavy atom. The molecular weight excluding hydrogens is 253 g/mol. The molecule has 1 aliphatic carbocycles. The lowest BCUT2D eigenvalue weighted by molar-refractivity contribution is 0.181. The molecule has 2 rings (SSSR count). The molecule has 0 saturated heterocycles. The second kappa shape index (κ2) is 6.08. The minimum atomic E-state index is 0. The number of likely N-dealkylation sites (N-methyl/N-ethyl adjacent to an activating group) is 1. The van der Waals surface area contributed by atoms with E-state index >= 15 is 0 Å². The summed E-state index contributed by atoms with van der Waals surface area (Å²) in [6, 6.07) is 8.95. The molecule has 1 unspecified atom stereocenters. The van der Waals surface area contributed by atoms with Crippen molar-refractivity contribution in [2.45, 2.75) is 44.6 Å². The molecule has 1 N–H and O–H groups in total. The fourth-order valence-corrected chi connectivity index (χ4v) is 2.94. The van der Waals surface area contributed by atoms with Gasteiger partial charge in [0, 0.05) is 16.5 Å². The van der Waals surface area contributed by atoms with Gasteiger partial charge in [-0.05, 0) is 44.0 Å². The number of hydrogen-bond donors (Lipinski definition) is 1. The van der Waals surface area contributed by atoms with E-state index in [9.17, 15) is 0 Å². The molecule has 1 nitrogen and oxygen atoms in total. The van der Waals surface area contributed by atoms with Crippen molar-refractivity contribution >= 4 is 24.0 Å². The minimum Gasteiger partial charge on any atom is -0.314 e. The molecule has 0 aliphatic heterocycles. The van der Waals surface area contributed by atoms with Gasteiger partial charge in [0.2, 0.25) is 0 Å². The lowest BCUT2D eigenvalue weighted by Crippen LogP contribution is -2.51. The maximum Gasteiger partial charge on any atom is 0.0406 e. The number of rotatable bonds is 4. The van der Waals surface area contributed by atoms with E-state index in [1.54, 1.807) is 0 Å². The Balaban J connectivity index is 0.00000144. The first-order valence-corrected chi connectivity index (χ1v) is 6.56. The highest BCUT2D eigenvalue weighted by molar-refractivity contribution is 6.30. The molecule has 0 heterocycles. The van der Waals surface area contributed by atoms with Crippen LogP contribution >= 0.6 is 24.0 Å². The fraction of sp³-hybridized carbons (Fsp3) is 0.571. The number of hydrogen-bond acceptors (Lipinski definition) is 1. The average Bonchev–Trinajstić information content (AvgIpc) is 2.19. The van der Waals surface area contributed by atoms with Gasteiger partial charge in [0.25, 0.3) is 0 Å². The number of benzene rings is 1. The molecule has 17 heavy (non-hydrogen) atoms. The van der Waals surface area contributed by atoms with Crippen LogP contribution < -0.4 is 5.32 Å². The number of nitrogens with one attached hydrogen (secondary N) is 1. The van der Waals surface area contributed by atoms with Crippen LogP contribution in [0.15, 0.2) is 24.3 Å². The summed E-state index contributed by atoms with van der Waals surface area (Å²) in [4.78, 5) is 0. The third-order valence-electron chi connectivity index (χ3n) is 4.00. The van der Waals surface area contributed by atoms with Crippen molar-refractivity contribution < 1.29 is 0 Å². The van der Waals surface area contributed by atoms with Crippen molar-refractivity contribution in [3.63, 3.8) is 0 Å². The van der Waals surface area contributed by atoms with E-state index < -0.39 is 0 Å². The molecule has 1 aliphatic rings. The highest BCUT2D eigenvalue weighted by Crippen LogP contribution is 2.46. The molecule has 3 heteroatoms. The zero-order chi connectivity index (χ0) is 11.6. The van der Waals surface area contributed by atoms with Gasteiger partial charge in [-0.2, -0.15) is 0 Å². The van der Waals surface area contributed by atoms with Crippen molar-refractivity contribution in [2.75, 3.05) is 6.54 Å². The van der Waals surface area contributed by atoms with Crippen molar-refractivity contribution in [2.24, 2.45) is 0 Å². The van der Waals surface area contributed by atoms with Crippen LogP contribution in [0.1, 0.15) is 38.7 Å². The molecule has 0 bridgehead atoms. The van der Waals surface area contributed by atoms with Crippen molar-refractivity contribution in [1.29, 1.82) is 0 Å². The van der Waals surface area contributed by atoms with Crippen LogP contribution in [-0.2, 0) is 5.41 Å². The third-order valence-corrected chi connectivity index (χ3v) is 4.26. The zero-order valence-electron chi connectivity index (χ0n) is 10.5. The second-order valence-corrected chi connectivity index (χ2v) is 5.23. The Morgan fingerprint density at radius 3 is 2.29 bits per heavy atom. The summed E-state index contributed by atoms with van der Waals surface area (Å²) in [6.07, 6.45) is 3.93. The van der Waals surface area contributed by atoms with Gasteiger partial charge in [0.15, 0.2) is 0 Å². The molecule has 1 aromatic carbocycles. The van der Waals surface area contributed by atoms with E-state index in [4.69, 9.17) is 11.6 Å². The summed E-state index contributed by atoms with van der Waals surface area (Å²) in [5.41, 5.74) is 1.79. The molecule has 0 spiro atoms. The molecule has 0 radical (unpaired) electrons. The molecular formula is C14H21Cl2N. The monoisotopic (exact) mass is 273 g/mol. The van der Waals surface area contributed by atoms with Crippen LogP contribution in [0.3, 0.4) is 0 Å². The molecule has 1 fully saturated rings. The number of halogens is 2. The first-order chi connectivity index (χ1) is 7.69. The lowest BCUT2D eigenvalue weighted by Gasteiger charge is -2.47. The minimum absolute atomic E-state index is 0. The van der Waals surface area contributed by atoms with E-state index in [1.165, 1.54) is 24.8 Å². The van der Waals surface area contributed by atoms with Gasteiger partial charge in [-0.1, -0.05) is 37.1 Å². The zero-order valence-corrected chi connectivity index (χ0v) is 12.1. The second-order valence-electron chi connectivity index (χ2n) is 4.80. The van der Waals surface area contributed by atoms with Gasteiger partial charge >= 0.3 is 0 Å². The summed E-state index contributed by atoms with van der Waals surface area (Å²) in [6.45, 7) is 5.51. The van der Waals surface area contributed by atoms with Crippen molar-refractivity contribution in [3.8, 4) is 0 Å². The Morgan fingerprint density at radius 1 is 1.29 bits per heavy atom. The van der Waals surface area contributed by atoms with E-state index in [1.807, 2.05) is 12.1 Å². The first-order valence-electron chi connectivity index (χ1n) is 6.18. The quantitative estimate of drug-likeness (QED) is 0.868. The van der Waals surface area contributed by atoms with Crippen LogP contribution in [0.4, 0.5) is 0 Å². The molecule has 0 amide bonds. The maximum absolute atomic E-state index is 5.95. The predicted molar refractivity (Wildman–Crippen MR) is 77.4 cm³/mol. The summed E-state index contributed by atoms with van der Waals surface area (Å²) < 4.78 is 0. The largest absolute Gasteiger partial charge is 0.314 e. The first kappa shape index (κ1) is 14.8. The Bertz CT molecular complexity index is 344.